The number of quaternary nitrogens is 1. The SMILES string of the molecule is CN(C)c1ccc([C@@H]2[NH2+]C[C@H](CSc3nnc(-c4ccccc4)o3)O2)cc1. The van der Waals surface area contributed by atoms with E-state index in [-0.39, 0.29) is 12.3 Å². The molecule has 7 heteroatoms. The summed E-state index contributed by atoms with van der Waals surface area (Å²) in [5.74, 6) is 1.34. The zero-order valence-corrected chi connectivity index (χ0v) is 16.2. The van der Waals surface area contributed by atoms with E-state index in [9.17, 15) is 0 Å². The number of rotatable bonds is 6. The Kier molecular flexibility index (Phi) is 5.42. The number of hydrogen-bond acceptors (Lipinski definition) is 6. The summed E-state index contributed by atoms with van der Waals surface area (Å²) in [4.78, 5) is 2.09. The maximum Gasteiger partial charge on any atom is 0.276 e. The molecule has 27 heavy (non-hydrogen) atoms. The van der Waals surface area contributed by atoms with Crippen molar-refractivity contribution in [3.05, 3.63) is 60.2 Å². The molecule has 1 aliphatic rings. The van der Waals surface area contributed by atoms with Crippen LogP contribution < -0.4 is 10.2 Å². The van der Waals surface area contributed by atoms with Gasteiger partial charge in [0.15, 0.2) is 0 Å². The number of ether oxygens (including phenoxy) is 1. The van der Waals surface area contributed by atoms with Gasteiger partial charge in [-0.3, -0.25) is 0 Å². The standard InChI is InChI=1S/C20H22N4O2S/c1-24(2)16-10-8-15(9-11-16)18-21-12-17(25-18)13-27-20-23-22-19(26-20)14-6-4-3-5-7-14/h3-11,17-18,21H,12-13H2,1-2H3/p+1/t17-,18-/m1/s1. The summed E-state index contributed by atoms with van der Waals surface area (Å²) in [6.45, 7) is 0.923. The van der Waals surface area contributed by atoms with Gasteiger partial charge in [-0.2, -0.15) is 0 Å². The van der Waals surface area contributed by atoms with Gasteiger partial charge in [0.25, 0.3) is 5.22 Å². The Morgan fingerprint density at radius 3 is 2.59 bits per heavy atom. The molecule has 2 aromatic carbocycles. The highest BCUT2D eigenvalue weighted by Crippen LogP contribution is 2.26. The first-order valence-electron chi connectivity index (χ1n) is 8.97. The lowest BCUT2D eigenvalue weighted by Crippen LogP contribution is -2.82. The fourth-order valence-electron chi connectivity index (χ4n) is 3.01. The summed E-state index contributed by atoms with van der Waals surface area (Å²) in [5.41, 5.74) is 3.32. The molecule has 2 N–H and O–H groups in total. The van der Waals surface area contributed by atoms with Gasteiger partial charge < -0.3 is 19.4 Å². The minimum atomic E-state index is 0.0503. The number of nitrogens with zero attached hydrogens (tertiary/aromatic N) is 3. The predicted molar refractivity (Wildman–Crippen MR) is 106 cm³/mol. The van der Waals surface area contributed by atoms with Gasteiger partial charge in [-0.05, 0) is 36.4 Å². The van der Waals surface area contributed by atoms with Crippen LogP contribution in [-0.2, 0) is 4.74 Å². The fraction of sp³-hybridized carbons (Fsp3) is 0.300. The number of nitrogens with two attached hydrogens (primary N) is 1. The molecule has 1 aliphatic heterocycles. The van der Waals surface area contributed by atoms with Crippen LogP contribution in [0, 0.1) is 0 Å². The van der Waals surface area contributed by atoms with E-state index in [2.05, 4.69) is 44.7 Å². The minimum absolute atomic E-state index is 0.0503. The fourth-order valence-corrected chi connectivity index (χ4v) is 3.79. The van der Waals surface area contributed by atoms with Crippen molar-refractivity contribution < 1.29 is 14.5 Å². The van der Waals surface area contributed by atoms with Crippen LogP contribution in [0.5, 0.6) is 0 Å². The Morgan fingerprint density at radius 1 is 1.07 bits per heavy atom. The van der Waals surface area contributed by atoms with Crippen LogP contribution in [0.2, 0.25) is 0 Å². The quantitative estimate of drug-likeness (QED) is 0.660. The van der Waals surface area contributed by atoms with Crippen molar-refractivity contribution in [1.29, 1.82) is 0 Å². The monoisotopic (exact) mass is 383 g/mol. The molecule has 1 aromatic heterocycles. The molecule has 140 valence electrons. The van der Waals surface area contributed by atoms with Crippen LogP contribution in [0.4, 0.5) is 5.69 Å². The first-order valence-corrected chi connectivity index (χ1v) is 9.95. The van der Waals surface area contributed by atoms with E-state index < -0.39 is 0 Å². The second kappa shape index (κ2) is 8.12. The lowest BCUT2D eigenvalue weighted by molar-refractivity contribution is -0.697. The van der Waals surface area contributed by atoms with E-state index in [4.69, 9.17) is 9.15 Å². The third-order valence-corrected chi connectivity index (χ3v) is 5.46. The highest BCUT2D eigenvalue weighted by atomic mass is 32.2. The van der Waals surface area contributed by atoms with Crippen molar-refractivity contribution in [2.24, 2.45) is 0 Å². The summed E-state index contributed by atoms with van der Waals surface area (Å²) in [6, 6.07) is 18.3. The van der Waals surface area contributed by atoms with Gasteiger partial charge in [0.1, 0.15) is 12.6 Å². The molecule has 4 rings (SSSR count). The van der Waals surface area contributed by atoms with Crippen LogP contribution in [0.25, 0.3) is 11.5 Å². The first kappa shape index (κ1) is 18.0. The van der Waals surface area contributed by atoms with Crippen molar-refractivity contribution in [3.8, 4) is 11.5 Å². The molecule has 0 spiro atoms. The molecule has 3 aromatic rings. The molecule has 1 saturated heterocycles. The number of aromatic nitrogens is 2. The first-order chi connectivity index (χ1) is 13.2. The van der Waals surface area contributed by atoms with Crippen molar-refractivity contribution in [2.45, 2.75) is 17.6 Å². The molecule has 0 unspecified atom stereocenters. The smallest absolute Gasteiger partial charge is 0.276 e. The van der Waals surface area contributed by atoms with Gasteiger partial charge in [0.2, 0.25) is 12.1 Å². The molecular weight excluding hydrogens is 360 g/mol. The normalized spacial score (nSPS) is 19.3. The van der Waals surface area contributed by atoms with E-state index in [1.807, 2.05) is 44.4 Å². The van der Waals surface area contributed by atoms with Gasteiger partial charge >= 0.3 is 0 Å². The molecule has 2 heterocycles. The second-order valence-corrected chi connectivity index (χ2v) is 7.66. The van der Waals surface area contributed by atoms with Crippen molar-refractivity contribution in [3.63, 3.8) is 0 Å². The van der Waals surface area contributed by atoms with Gasteiger partial charge in [0.05, 0.1) is 0 Å². The van der Waals surface area contributed by atoms with Gasteiger partial charge in [0, 0.05) is 36.7 Å². The molecule has 1 fully saturated rings. The highest BCUT2D eigenvalue weighted by Gasteiger charge is 2.30. The number of anilines is 1. The van der Waals surface area contributed by atoms with Crippen LogP contribution in [-0.4, -0.2) is 42.7 Å². The maximum absolute atomic E-state index is 6.18. The van der Waals surface area contributed by atoms with E-state index in [1.165, 1.54) is 11.3 Å². The van der Waals surface area contributed by atoms with Gasteiger partial charge in [-0.1, -0.05) is 30.0 Å². The minimum Gasteiger partial charge on any atom is -0.411 e. The van der Waals surface area contributed by atoms with Gasteiger partial charge in [-0.15, -0.1) is 10.2 Å². The molecule has 0 radical (unpaired) electrons. The summed E-state index contributed by atoms with van der Waals surface area (Å²) in [7, 11) is 4.09. The summed E-state index contributed by atoms with van der Waals surface area (Å²) in [5, 5.41) is 11.1. The van der Waals surface area contributed by atoms with Crippen LogP contribution in [0.15, 0.2) is 64.2 Å². The third-order valence-electron chi connectivity index (χ3n) is 4.51. The number of thioether (sulfide) groups is 1. The third kappa shape index (κ3) is 4.32. The highest BCUT2D eigenvalue weighted by molar-refractivity contribution is 7.99. The largest absolute Gasteiger partial charge is 0.411 e. The van der Waals surface area contributed by atoms with Crippen molar-refractivity contribution in [2.75, 3.05) is 31.3 Å². The molecule has 0 saturated carbocycles. The molecule has 0 bridgehead atoms. The maximum atomic E-state index is 6.18. The lowest BCUT2D eigenvalue weighted by Gasteiger charge is -2.14. The Morgan fingerprint density at radius 2 is 1.85 bits per heavy atom. The topological polar surface area (TPSA) is 68.0 Å². The molecule has 0 aliphatic carbocycles. The Hall–Kier alpha value is -2.35. The summed E-state index contributed by atoms with van der Waals surface area (Å²) >= 11 is 1.54. The molecule has 6 nitrogen and oxygen atoms in total. The van der Waals surface area contributed by atoms with Crippen LogP contribution in [0.3, 0.4) is 0 Å². The zero-order valence-electron chi connectivity index (χ0n) is 15.4. The lowest BCUT2D eigenvalue weighted by atomic mass is 10.2. The Balaban J connectivity index is 1.31. The summed E-state index contributed by atoms with van der Waals surface area (Å²) < 4.78 is 11.9. The number of hydrogen-bond donors (Lipinski definition) is 1. The molecule has 0 amide bonds. The van der Waals surface area contributed by atoms with Gasteiger partial charge in [-0.25, -0.2) is 0 Å². The second-order valence-electron chi connectivity index (χ2n) is 6.69. The van der Waals surface area contributed by atoms with E-state index in [0.717, 1.165) is 17.9 Å². The molecule has 2 atom stereocenters. The van der Waals surface area contributed by atoms with Crippen molar-refractivity contribution >= 4 is 17.4 Å². The Bertz CT molecular complexity index is 867. The zero-order chi connectivity index (χ0) is 18.6. The average molecular weight is 383 g/mol. The van der Waals surface area contributed by atoms with E-state index in [0.29, 0.717) is 11.1 Å². The Labute approximate surface area is 162 Å². The van der Waals surface area contributed by atoms with Crippen molar-refractivity contribution in [1.82, 2.24) is 10.2 Å². The average Bonchev–Trinajstić information content (AvgIpc) is 3.37. The van der Waals surface area contributed by atoms with E-state index >= 15 is 0 Å². The van der Waals surface area contributed by atoms with Crippen LogP contribution >= 0.6 is 11.8 Å². The summed E-state index contributed by atoms with van der Waals surface area (Å²) in [6.07, 6.45) is 0.204. The van der Waals surface area contributed by atoms with E-state index in [1.54, 1.807) is 11.8 Å². The molecular formula is C20H23N4O2S+. The predicted octanol–water partition coefficient (Wildman–Crippen LogP) is 2.56. The number of benzene rings is 2. The van der Waals surface area contributed by atoms with Crippen LogP contribution in [0.1, 0.15) is 11.8 Å².